The van der Waals surface area contributed by atoms with E-state index in [9.17, 15) is 29.7 Å². The number of aromatic carboxylic acids is 1. The van der Waals surface area contributed by atoms with Crippen molar-refractivity contribution in [3.8, 4) is 28.7 Å². The van der Waals surface area contributed by atoms with Crippen LogP contribution in [0, 0.1) is 31.6 Å². The number of aromatic hydroxyl groups is 2. The summed E-state index contributed by atoms with van der Waals surface area (Å²) in [6.45, 7) is 9.96. The molecule has 264 valence electrons. The molecule has 0 radical (unpaired) electrons. The predicted molar refractivity (Wildman–Crippen MR) is 184 cm³/mol. The number of anilines is 1. The molecule has 0 heterocycles. The van der Waals surface area contributed by atoms with Crippen LogP contribution in [0.5, 0.6) is 28.7 Å². The summed E-state index contributed by atoms with van der Waals surface area (Å²) in [5.41, 5.74) is 7.28. The number of carboxylic acids is 1. The van der Waals surface area contributed by atoms with Gasteiger partial charge in [-0.3, -0.25) is 9.59 Å². The van der Waals surface area contributed by atoms with Crippen molar-refractivity contribution >= 4 is 23.5 Å². The first-order valence-electron chi connectivity index (χ1n) is 16.4. The highest BCUT2D eigenvalue weighted by atomic mass is 16.5. The Balaban J connectivity index is 1.47. The maximum atomic E-state index is 12.6. The number of aryl methyl sites for hydroxylation is 1. The minimum absolute atomic E-state index is 0.0137. The van der Waals surface area contributed by atoms with Gasteiger partial charge >= 0.3 is 5.97 Å². The third kappa shape index (κ3) is 8.74. The number of nitrogens with two attached hydrogens (primary N) is 1. The molecule has 7 N–H and O–H groups in total. The summed E-state index contributed by atoms with van der Waals surface area (Å²) in [7, 11) is 1.33. The molecule has 49 heavy (non-hydrogen) atoms. The predicted octanol–water partition coefficient (Wildman–Crippen LogP) is 6.02. The van der Waals surface area contributed by atoms with Gasteiger partial charge in [0.15, 0.2) is 11.5 Å². The average Bonchev–Trinajstić information content (AvgIpc) is 3.04. The zero-order valence-corrected chi connectivity index (χ0v) is 28.9. The van der Waals surface area contributed by atoms with Crippen molar-refractivity contribution in [3.63, 3.8) is 0 Å². The Kier molecular flexibility index (Phi) is 12.0. The largest absolute Gasteiger partial charge is 0.507 e. The van der Waals surface area contributed by atoms with Gasteiger partial charge in [0.25, 0.3) is 5.91 Å². The summed E-state index contributed by atoms with van der Waals surface area (Å²) in [6.07, 6.45) is 3.36. The molecule has 1 aliphatic carbocycles. The van der Waals surface area contributed by atoms with E-state index in [0.29, 0.717) is 30.0 Å². The first-order valence-corrected chi connectivity index (χ1v) is 16.4. The summed E-state index contributed by atoms with van der Waals surface area (Å²) in [6, 6.07) is 9.79. The number of phenols is 2. The van der Waals surface area contributed by atoms with Gasteiger partial charge in [0, 0.05) is 24.3 Å². The number of phenolic OH excluding ortho intramolecular Hbond substituents is 2. The number of rotatable bonds is 14. The summed E-state index contributed by atoms with van der Waals surface area (Å²) < 4.78 is 17.2. The van der Waals surface area contributed by atoms with Crippen LogP contribution >= 0.6 is 0 Å². The van der Waals surface area contributed by atoms with Crippen molar-refractivity contribution in [1.29, 1.82) is 0 Å². The number of primary amides is 1. The molecule has 1 saturated carbocycles. The Morgan fingerprint density at radius 2 is 1.71 bits per heavy atom. The minimum Gasteiger partial charge on any atom is -0.507 e. The van der Waals surface area contributed by atoms with Crippen LogP contribution in [0.3, 0.4) is 0 Å². The molecule has 12 nitrogen and oxygen atoms in total. The fourth-order valence-corrected chi connectivity index (χ4v) is 6.37. The molecular weight excluding hydrogens is 630 g/mol. The molecule has 12 heteroatoms. The lowest BCUT2D eigenvalue weighted by Gasteiger charge is -2.37. The normalized spacial score (nSPS) is 17.4. The molecular formula is C37H47N3O9. The molecule has 0 spiro atoms. The second-order valence-corrected chi connectivity index (χ2v) is 13.1. The minimum atomic E-state index is -1.41. The molecule has 1 fully saturated rings. The number of nitrogens with one attached hydrogen (secondary N) is 2. The highest BCUT2D eigenvalue weighted by Gasteiger charge is 2.32. The number of hydrogen-bond acceptors (Lipinski definition) is 9. The Bertz CT molecular complexity index is 1690. The SMILES string of the molecule is COc1cc(C(=O)O)c(Oc2c(CNc3ccc(CNC(=O)COC4CC(C)CCC4C(C)C)cc3)c(O)cc(C)c2C(N)=O)c(O)c1C. The monoisotopic (exact) mass is 677 g/mol. The Labute approximate surface area is 286 Å². The number of hydrogen-bond donors (Lipinski definition) is 6. The second-order valence-electron chi connectivity index (χ2n) is 13.1. The first-order chi connectivity index (χ1) is 23.2. The fourth-order valence-electron chi connectivity index (χ4n) is 6.37. The number of amides is 2. The molecule has 3 aromatic rings. The topological polar surface area (TPSA) is 190 Å². The molecule has 3 atom stereocenters. The van der Waals surface area contributed by atoms with E-state index in [1.165, 1.54) is 32.6 Å². The smallest absolute Gasteiger partial charge is 0.339 e. The van der Waals surface area contributed by atoms with Gasteiger partial charge in [-0.2, -0.15) is 0 Å². The van der Waals surface area contributed by atoms with Gasteiger partial charge in [-0.1, -0.05) is 39.3 Å². The first kappa shape index (κ1) is 36.9. The molecule has 2 amide bonds. The number of carbonyl (C=O) groups is 3. The van der Waals surface area contributed by atoms with E-state index in [4.69, 9.17) is 19.9 Å². The lowest BCUT2D eigenvalue weighted by molar-refractivity contribution is -0.131. The van der Waals surface area contributed by atoms with Crippen molar-refractivity contribution in [3.05, 3.63) is 69.8 Å². The average molecular weight is 678 g/mol. The van der Waals surface area contributed by atoms with Crippen LogP contribution in [0.4, 0.5) is 5.69 Å². The standard InChI is InChI=1S/C37H47N3O9/c1-19(2)25-12-7-20(3)13-30(25)48-18-31(42)40-16-23-8-10-24(11-9-23)39-17-27-28(41)14-21(4)32(36(38)44)34(27)49-35-26(37(45)46)15-29(47-6)22(5)33(35)43/h8-11,14-15,19-20,25,30,39,41,43H,7,12-13,16-18H2,1-6H3,(H2,38,44)(H,40,42)(H,45,46). The maximum absolute atomic E-state index is 12.6. The lowest BCUT2D eigenvalue weighted by atomic mass is 9.75. The highest BCUT2D eigenvalue weighted by Crippen LogP contribution is 2.45. The summed E-state index contributed by atoms with van der Waals surface area (Å²) in [4.78, 5) is 37.3. The Morgan fingerprint density at radius 1 is 1.02 bits per heavy atom. The summed E-state index contributed by atoms with van der Waals surface area (Å²) in [5.74, 6) is -2.20. The van der Waals surface area contributed by atoms with Crippen molar-refractivity contribution in [1.82, 2.24) is 5.32 Å². The number of ether oxygens (including phenoxy) is 3. The molecule has 0 bridgehead atoms. The maximum Gasteiger partial charge on any atom is 0.339 e. The molecule has 0 aromatic heterocycles. The van der Waals surface area contributed by atoms with Gasteiger partial charge in [-0.05, 0) is 79.8 Å². The molecule has 3 unspecified atom stereocenters. The number of benzene rings is 3. The number of methoxy groups -OCH3 is 1. The van der Waals surface area contributed by atoms with Crippen LogP contribution in [0.25, 0.3) is 0 Å². The van der Waals surface area contributed by atoms with Crippen LogP contribution in [0.2, 0.25) is 0 Å². The van der Waals surface area contributed by atoms with Gasteiger partial charge < -0.3 is 45.9 Å². The number of carboxylic acid groups (broad SMARTS) is 1. The van der Waals surface area contributed by atoms with Gasteiger partial charge in [0.05, 0.1) is 24.3 Å². The van der Waals surface area contributed by atoms with Crippen molar-refractivity contribution in [2.75, 3.05) is 19.0 Å². The van der Waals surface area contributed by atoms with Gasteiger partial charge in [0.1, 0.15) is 29.4 Å². The van der Waals surface area contributed by atoms with E-state index < -0.39 is 28.9 Å². The number of carbonyl (C=O) groups excluding carboxylic acids is 2. The van der Waals surface area contributed by atoms with Gasteiger partial charge in [-0.15, -0.1) is 0 Å². The molecule has 1 aliphatic rings. The third-order valence-corrected chi connectivity index (χ3v) is 9.22. The third-order valence-electron chi connectivity index (χ3n) is 9.22. The molecule has 3 aromatic carbocycles. The fraction of sp³-hybridized carbons (Fsp3) is 0.432. The van der Waals surface area contributed by atoms with E-state index in [2.05, 4.69) is 31.4 Å². The zero-order chi connectivity index (χ0) is 36.0. The van der Waals surface area contributed by atoms with Crippen LogP contribution in [0.1, 0.15) is 83.0 Å². The Hall–Kier alpha value is -4.97. The second kappa shape index (κ2) is 16.0. The molecule has 0 aliphatic heterocycles. The summed E-state index contributed by atoms with van der Waals surface area (Å²) >= 11 is 0. The van der Waals surface area contributed by atoms with Gasteiger partial charge in [-0.25, -0.2) is 4.79 Å². The summed E-state index contributed by atoms with van der Waals surface area (Å²) in [5, 5.41) is 37.8. The van der Waals surface area contributed by atoms with Gasteiger partial charge in [0.2, 0.25) is 5.91 Å². The zero-order valence-electron chi connectivity index (χ0n) is 28.9. The van der Waals surface area contributed by atoms with E-state index in [0.717, 1.165) is 18.4 Å². The van der Waals surface area contributed by atoms with E-state index >= 15 is 0 Å². The Morgan fingerprint density at radius 3 is 2.33 bits per heavy atom. The van der Waals surface area contributed by atoms with E-state index in [1.54, 1.807) is 19.1 Å². The molecule has 4 rings (SSSR count). The van der Waals surface area contributed by atoms with Crippen LogP contribution in [-0.4, -0.2) is 52.9 Å². The van der Waals surface area contributed by atoms with Crippen LogP contribution in [0.15, 0.2) is 36.4 Å². The van der Waals surface area contributed by atoms with E-state index in [1.807, 2.05) is 12.1 Å². The quantitative estimate of drug-likeness (QED) is 0.118. The highest BCUT2D eigenvalue weighted by molar-refractivity contribution is 5.99. The van der Waals surface area contributed by atoms with Crippen molar-refractivity contribution < 1.29 is 43.9 Å². The van der Waals surface area contributed by atoms with E-state index in [-0.39, 0.29) is 64.7 Å². The lowest BCUT2D eigenvalue weighted by Crippen LogP contribution is -2.37. The van der Waals surface area contributed by atoms with Crippen LogP contribution < -0.4 is 25.8 Å². The molecule has 0 saturated heterocycles. The van der Waals surface area contributed by atoms with Crippen molar-refractivity contribution in [2.45, 2.75) is 73.1 Å². The van der Waals surface area contributed by atoms with Crippen molar-refractivity contribution in [2.24, 2.45) is 23.5 Å². The van der Waals surface area contributed by atoms with Crippen LogP contribution in [-0.2, 0) is 22.6 Å².